The number of nitrogens with zero attached hydrogens (tertiary/aromatic N) is 7. The van der Waals surface area contributed by atoms with E-state index in [1.165, 1.54) is 29.5 Å². The van der Waals surface area contributed by atoms with Crippen LogP contribution in [0.3, 0.4) is 0 Å². The highest BCUT2D eigenvalue weighted by atomic mass is 31.2. The van der Waals surface area contributed by atoms with Gasteiger partial charge >= 0.3 is 13.4 Å². The molecule has 7 atom stereocenters. The van der Waals surface area contributed by atoms with Crippen molar-refractivity contribution in [3.8, 4) is 0 Å². The van der Waals surface area contributed by atoms with Crippen molar-refractivity contribution in [2.75, 3.05) is 37.8 Å². The van der Waals surface area contributed by atoms with Gasteiger partial charge in [-0.2, -0.15) is 4.98 Å². The van der Waals surface area contributed by atoms with Crippen LogP contribution < -0.4 is 33.7 Å². The quantitative estimate of drug-likeness (QED) is 0.0443. The lowest BCUT2D eigenvalue weighted by Gasteiger charge is -2.28. The average Bonchev–Trinajstić information content (AvgIpc) is 3.71. The molecule has 2 aliphatic rings. The Labute approximate surface area is 256 Å². The van der Waals surface area contributed by atoms with Gasteiger partial charge in [-0.1, -0.05) is 0 Å². The molecule has 2 fully saturated rings. The summed E-state index contributed by atoms with van der Waals surface area (Å²) in [6.45, 7) is -0.404. The third-order valence-corrected chi connectivity index (χ3v) is 9.02. The molecule has 0 spiro atoms. The number of rotatable bonds is 14. The fourth-order valence-corrected chi connectivity index (χ4v) is 6.92. The van der Waals surface area contributed by atoms with Crippen LogP contribution in [0.4, 0.5) is 11.6 Å². The minimum Gasteiger partial charge on any atom is -0.394 e. The van der Waals surface area contributed by atoms with Gasteiger partial charge in [-0.05, 0) is 18.9 Å². The Hall–Kier alpha value is -3.75. The van der Waals surface area contributed by atoms with Gasteiger partial charge in [0.15, 0.2) is 17.4 Å². The second-order valence-electron chi connectivity index (χ2n) is 10.4. The lowest BCUT2D eigenvalue weighted by molar-refractivity contribution is -0.0516. The first-order chi connectivity index (χ1) is 21.6. The first-order valence-corrected chi connectivity index (χ1v) is 15.7. The highest BCUT2D eigenvalue weighted by Crippen LogP contribution is 2.52. The summed E-state index contributed by atoms with van der Waals surface area (Å²) in [6.07, 6.45) is 0.129. The Morgan fingerprint density at radius 3 is 2.33 bits per heavy atom. The Kier molecular flexibility index (Phi) is 10.2. The van der Waals surface area contributed by atoms with Crippen molar-refractivity contribution in [1.82, 2.24) is 34.2 Å². The number of unbranched alkanes of at least 4 members (excludes halogenated alkanes) is 1. The molecule has 45 heavy (non-hydrogen) atoms. The number of aliphatic hydroxyl groups is 2. The van der Waals surface area contributed by atoms with Crippen molar-refractivity contribution in [2.24, 2.45) is 16.5 Å². The van der Waals surface area contributed by atoms with Crippen molar-refractivity contribution < 1.29 is 33.3 Å². The molecule has 5 rings (SSSR count). The van der Waals surface area contributed by atoms with Gasteiger partial charge in [0, 0.05) is 32.1 Å². The zero-order chi connectivity index (χ0) is 32.1. The standard InChI is InChI=1S/C24H37N12O8P/c25-17-3-6-35(24(39)34-17)18-7-13(15(9-37)41-18)43-45(40,33-5-2-1-4-29-23(27)28)44-14-8-19(42-16(14)10-38)36-12-32-20-21(26)30-11-31-22(20)36/h3,6,11-16,18-19,37-38H,1-2,4-5,7-10H2,(H,33,40)(H2,25,34,39)(H2,26,30,31)(H4,27,28,29)/t13-,14-,15+,16+,18+,19+,45?/m0/s1. The highest BCUT2D eigenvalue weighted by Gasteiger charge is 2.46. The number of anilines is 2. The number of aliphatic imine (C=N–C) groups is 1. The number of fused-ring (bicyclic) bond motifs is 1. The van der Waals surface area contributed by atoms with Crippen molar-refractivity contribution in [3.05, 3.63) is 35.4 Å². The van der Waals surface area contributed by atoms with Crippen LogP contribution in [0.1, 0.15) is 38.1 Å². The molecule has 0 aliphatic carbocycles. The van der Waals surface area contributed by atoms with Crippen LogP contribution in [0.25, 0.3) is 11.2 Å². The largest absolute Gasteiger partial charge is 0.406 e. The molecular formula is C24H37N12O8P. The summed E-state index contributed by atoms with van der Waals surface area (Å²) in [5, 5.41) is 23.0. The van der Waals surface area contributed by atoms with E-state index in [-0.39, 0.29) is 37.0 Å². The first-order valence-electron chi connectivity index (χ1n) is 14.2. The van der Waals surface area contributed by atoms with Crippen LogP contribution in [-0.2, 0) is 23.1 Å². The van der Waals surface area contributed by atoms with Crippen LogP contribution in [0.5, 0.6) is 0 Å². The SMILES string of the molecule is NC(N)=NCCCCNP(=O)(O[C@H]1C[C@H](n2ccc(N)nc2=O)O[C@@H]1CO)O[C@H]1C[C@H](n2cnc3c(N)ncnc32)O[C@@H]1CO. The van der Waals surface area contributed by atoms with E-state index in [0.717, 1.165) is 0 Å². The summed E-state index contributed by atoms with van der Waals surface area (Å²) in [5.74, 6) is 0.197. The lowest BCUT2D eigenvalue weighted by Crippen LogP contribution is -2.33. The number of ether oxygens (including phenoxy) is 2. The molecule has 11 N–H and O–H groups in total. The summed E-state index contributed by atoms with van der Waals surface area (Å²) in [7, 11) is -4.19. The van der Waals surface area contributed by atoms with Gasteiger partial charge in [0.05, 0.1) is 19.5 Å². The molecule has 2 aliphatic heterocycles. The van der Waals surface area contributed by atoms with Crippen molar-refractivity contribution in [2.45, 2.75) is 62.6 Å². The summed E-state index contributed by atoms with van der Waals surface area (Å²) in [4.78, 5) is 32.5. The molecule has 0 aromatic carbocycles. The number of imidazole rings is 1. The van der Waals surface area contributed by atoms with Crippen molar-refractivity contribution >= 4 is 36.5 Å². The third-order valence-electron chi connectivity index (χ3n) is 7.31. The normalized spacial score (nSPS) is 26.3. The Morgan fingerprint density at radius 2 is 1.71 bits per heavy atom. The number of hydrogen-bond donors (Lipinski definition) is 7. The van der Waals surface area contributed by atoms with Gasteiger partial charge in [0.1, 0.15) is 54.5 Å². The zero-order valence-electron chi connectivity index (χ0n) is 24.2. The maximum Gasteiger partial charge on any atom is 0.406 e. The van der Waals surface area contributed by atoms with Gasteiger partial charge in [-0.25, -0.2) is 29.4 Å². The predicted molar refractivity (Wildman–Crippen MR) is 159 cm³/mol. The minimum absolute atomic E-state index is 0.0334. The van der Waals surface area contributed by atoms with E-state index in [2.05, 4.69) is 30.0 Å². The molecule has 3 aromatic heterocycles. The van der Waals surface area contributed by atoms with Crippen LogP contribution in [0, 0.1) is 0 Å². The number of nitrogens with one attached hydrogen (secondary N) is 1. The predicted octanol–water partition coefficient (Wildman–Crippen LogP) is -1.67. The Balaban J connectivity index is 1.34. The molecule has 21 heteroatoms. The number of aliphatic hydroxyl groups excluding tert-OH is 2. The van der Waals surface area contributed by atoms with E-state index >= 15 is 0 Å². The molecule has 1 unspecified atom stereocenters. The molecule has 0 amide bonds. The van der Waals surface area contributed by atoms with Crippen molar-refractivity contribution in [3.63, 3.8) is 0 Å². The molecule has 0 radical (unpaired) electrons. The molecule has 5 heterocycles. The van der Waals surface area contributed by atoms with Crippen LogP contribution in [0.15, 0.2) is 34.7 Å². The highest BCUT2D eigenvalue weighted by molar-refractivity contribution is 7.51. The second-order valence-corrected chi connectivity index (χ2v) is 12.2. The molecule has 2 saturated heterocycles. The van der Waals surface area contributed by atoms with Gasteiger partial charge < -0.3 is 42.6 Å². The zero-order valence-corrected chi connectivity index (χ0v) is 25.1. The molecule has 246 valence electrons. The molecule has 3 aromatic rings. The van der Waals surface area contributed by atoms with E-state index < -0.39 is 63.5 Å². The number of hydrogen-bond acceptors (Lipinski definition) is 15. The van der Waals surface area contributed by atoms with Gasteiger partial charge in [-0.15, -0.1) is 0 Å². The molecule has 0 saturated carbocycles. The number of guanidine groups is 1. The maximum atomic E-state index is 14.3. The summed E-state index contributed by atoms with van der Waals surface area (Å²) >= 11 is 0. The topological polar surface area (TPSA) is 301 Å². The smallest absolute Gasteiger partial charge is 0.394 e. The number of nitrogens with two attached hydrogens (primary N) is 4. The Bertz CT molecular complexity index is 1600. The third kappa shape index (κ3) is 7.56. The van der Waals surface area contributed by atoms with E-state index in [0.29, 0.717) is 30.6 Å². The second kappa shape index (κ2) is 14.1. The average molecular weight is 653 g/mol. The van der Waals surface area contributed by atoms with E-state index in [4.69, 9.17) is 41.5 Å². The number of nitrogen functional groups attached to an aromatic ring is 2. The van der Waals surface area contributed by atoms with E-state index in [9.17, 15) is 19.6 Å². The van der Waals surface area contributed by atoms with Crippen LogP contribution >= 0.6 is 7.75 Å². The van der Waals surface area contributed by atoms with E-state index in [1.54, 1.807) is 4.57 Å². The van der Waals surface area contributed by atoms with Crippen molar-refractivity contribution in [1.29, 1.82) is 0 Å². The van der Waals surface area contributed by atoms with Gasteiger partial charge in [0.25, 0.3) is 0 Å². The fourth-order valence-electron chi connectivity index (χ4n) is 5.13. The van der Waals surface area contributed by atoms with Gasteiger partial charge in [-0.3, -0.25) is 23.2 Å². The van der Waals surface area contributed by atoms with Crippen LogP contribution in [0.2, 0.25) is 0 Å². The summed E-state index contributed by atoms with van der Waals surface area (Å²) in [5.41, 5.74) is 22.4. The van der Waals surface area contributed by atoms with Gasteiger partial charge in [0.2, 0.25) is 0 Å². The monoisotopic (exact) mass is 652 g/mol. The van der Waals surface area contributed by atoms with Crippen LogP contribution in [-0.4, -0.2) is 96.0 Å². The maximum absolute atomic E-state index is 14.3. The minimum atomic E-state index is -4.19. The Morgan fingerprint density at radius 1 is 1.04 bits per heavy atom. The molecule has 0 bridgehead atoms. The molecular weight excluding hydrogens is 615 g/mol. The molecule has 20 nitrogen and oxygen atoms in total. The summed E-state index contributed by atoms with van der Waals surface area (Å²) in [6, 6.07) is 1.43. The number of aromatic nitrogens is 6. The summed E-state index contributed by atoms with van der Waals surface area (Å²) < 4.78 is 41.2. The lowest BCUT2D eigenvalue weighted by atomic mass is 10.2. The first kappa shape index (κ1) is 32.6. The van der Waals surface area contributed by atoms with E-state index in [1.807, 2.05) is 0 Å². The fraction of sp³-hybridized carbons (Fsp3) is 0.583.